The fourth-order valence-electron chi connectivity index (χ4n) is 1.54. The lowest BCUT2D eigenvalue weighted by atomic mass is 10.1. The van der Waals surface area contributed by atoms with Gasteiger partial charge in [0.2, 0.25) is 0 Å². The normalized spacial score (nSPS) is 12.4. The van der Waals surface area contributed by atoms with Gasteiger partial charge in [0.25, 0.3) is 0 Å². The molecule has 0 unspecified atom stereocenters. The Morgan fingerprint density at radius 3 is 2.18 bits per heavy atom. The lowest BCUT2D eigenvalue weighted by Gasteiger charge is -2.04. The van der Waals surface area contributed by atoms with Crippen molar-refractivity contribution in [2.75, 3.05) is 6.61 Å². The summed E-state index contributed by atoms with van der Waals surface area (Å²) in [6.07, 6.45) is 13.2. The van der Waals surface area contributed by atoms with Gasteiger partial charge in [0.15, 0.2) is 0 Å². The van der Waals surface area contributed by atoms with Gasteiger partial charge in [-0.1, -0.05) is 44.8 Å². The van der Waals surface area contributed by atoms with E-state index in [1.165, 1.54) is 19.3 Å². The molecule has 0 radical (unpaired) electrons. The number of hydrogen-bond acceptors (Lipinski definition) is 2. The van der Waals surface area contributed by atoms with Crippen molar-refractivity contribution >= 4 is 7.82 Å². The lowest BCUT2D eigenvalue weighted by Crippen LogP contribution is -1.92. The van der Waals surface area contributed by atoms with Gasteiger partial charge in [-0.05, 0) is 25.7 Å². The van der Waals surface area contributed by atoms with E-state index in [-0.39, 0.29) is 6.61 Å². The van der Waals surface area contributed by atoms with E-state index < -0.39 is 7.82 Å². The van der Waals surface area contributed by atoms with Crippen molar-refractivity contribution in [3.63, 3.8) is 0 Å². The quantitative estimate of drug-likeness (QED) is 0.338. The minimum absolute atomic E-state index is 0.156. The molecule has 0 aliphatic carbocycles. The van der Waals surface area contributed by atoms with Crippen LogP contribution in [0.1, 0.15) is 58.3 Å². The number of phosphoric ester groups is 1. The third-order valence-corrected chi connectivity index (χ3v) is 2.95. The Labute approximate surface area is 104 Å². The fourth-order valence-corrected chi connectivity index (χ4v) is 1.91. The Hall–Kier alpha value is -0.150. The van der Waals surface area contributed by atoms with Crippen LogP contribution in [0.2, 0.25) is 0 Å². The van der Waals surface area contributed by atoms with Gasteiger partial charge in [-0.2, -0.15) is 0 Å². The molecule has 4 nitrogen and oxygen atoms in total. The number of allylic oxidation sites excluding steroid dienone is 2. The van der Waals surface area contributed by atoms with Gasteiger partial charge in [-0.25, -0.2) is 4.57 Å². The van der Waals surface area contributed by atoms with Gasteiger partial charge in [-0.3, -0.25) is 4.52 Å². The van der Waals surface area contributed by atoms with E-state index in [4.69, 9.17) is 9.79 Å². The van der Waals surface area contributed by atoms with E-state index >= 15 is 0 Å². The van der Waals surface area contributed by atoms with Crippen LogP contribution in [0.15, 0.2) is 12.2 Å². The number of hydrogen-bond donors (Lipinski definition) is 2. The molecule has 0 bridgehead atoms. The second-order valence-electron chi connectivity index (χ2n) is 4.11. The van der Waals surface area contributed by atoms with Crippen molar-refractivity contribution < 1.29 is 18.9 Å². The first-order chi connectivity index (χ1) is 8.06. The van der Waals surface area contributed by atoms with E-state index in [1.54, 1.807) is 0 Å². The van der Waals surface area contributed by atoms with Crippen LogP contribution in [0.4, 0.5) is 0 Å². The monoisotopic (exact) mass is 264 g/mol. The molecule has 0 saturated carbocycles. The summed E-state index contributed by atoms with van der Waals surface area (Å²) >= 11 is 0. The summed E-state index contributed by atoms with van der Waals surface area (Å²) in [5.74, 6) is 0. The molecule has 0 aromatic heterocycles. The van der Waals surface area contributed by atoms with Crippen molar-refractivity contribution in [1.29, 1.82) is 0 Å². The highest BCUT2D eigenvalue weighted by Crippen LogP contribution is 2.35. The molecular formula is C12H25O4P. The standard InChI is InChI=1S/C12H25O4P/c1-2-3-4-5-6-7-8-9-10-11-12-16-17(13,14)15/h3-4H,2,5-12H2,1H3,(H2,13,14,15)/b4-3+. The number of unbranched alkanes of at least 4 members (excludes halogenated alkanes) is 6. The summed E-state index contributed by atoms with van der Waals surface area (Å²) in [5.41, 5.74) is 0. The maximum Gasteiger partial charge on any atom is 0.469 e. The Balaban J connectivity index is 3.09. The molecule has 0 amide bonds. The van der Waals surface area contributed by atoms with Gasteiger partial charge >= 0.3 is 7.82 Å². The van der Waals surface area contributed by atoms with Gasteiger partial charge in [0.1, 0.15) is 0 Å². The molecule has 0 aliphatic rings. The van der Waals surface area contributed by atoms with Crippen molar-refractivity contribution in [3.05, 3.63) is 12.2 Å². The predicted octanol–water partition coefficient (Wildman–Crippen LogP) is 3.79. The van der Waals surface area contributed by atoms with Crippen molar-refractivity contribution in [2.24, 2.45) is 0 Å². The SMILES string of the molecule is CC/C=C/CCCCCCCCOP(=O)(O)O. The topological polar surface area (TPSA) is 66.8 Å². The van der Waals surface area contributed by atoms with E-state index in [2.05, 4.69) is 23.6 Å². The van der Waals surface area contributed by atoms with Crippen molar-refractivity contribution in [2.45, 2.75) is 58.3 Å². The van der Waals surface area contributed by atoms with Gasteiger partial charge in [-0.15, -0.1) is 0 Å². The van der Waals surface area contributed by atoms with Crippen LogP contribution < -0.4 is 0 Å². The molecule has 0 fully saturated rings. The zero-order valence-electron chi connectivity index (χ0n) is 10.7. The highest BCUT2D eigenvalue weighted by Gasteiger charge is 2.12. The summed E-state index contributed by atoms with van der Waals surface area (Å²) in [5, 5.41) is 0. The molecule has 0 rings (SSSR count). The minimum Gasteiger partial charge on any atom is -0.303 e. The molecule has 0 saturated heterocycles. The molecule has 0 heterocycles. The lowest BCUT2D eigenvalue weighted by molar-refractivity contribution is 0.193. The average molecular weight is 264 g/mol. The molecule has 5 heteroatoms. The third-order valence-electron chi connectivity index (χ3n) is 2.43. The highest BCUT2D eigenvalue weighted by atomic mass is 31.2. The molecule has 2 N–H and O–H groups in total. The van der Waals surface area contributed by atoms with Gasteiger partial charge in [0, 0.05) is 0 Å². The first-order valence-electron chi connectivity index (χ1n) is 6.41. The maximum atomic E-state index is 10.4. The van der Waals surface area contributed by atoms with Crippen LogP contribution in [-0.2, 0) is 9.09 Å². The maximum absolute atomic E-state index is 10.4. The Morgan fingerprint density at radius 2 is 1.59 bits per heavy atom. The second kappa shape index (κ2) is 11.0. The molecule has 17 heavy (non-hydrogen) atoms. The Kier molecular flexibility index (Phi) is 10.9. The third kappa shape index (κ3) is 15.9. The smallest absolute Gasteiger partial charge is 0.303 e. The predicted molar refractivity (Wildman–Crippen MR) is 69.7 cm³/mol. The molecule has 0 aromatic rings. The van der Waals surface area contributed by atoms with E-state index in [0.29, 0.717) is 0 Å². The van der Waals surface area contributed by atoms with Crippen LogP contribution in [-0.4, -0.2) is 16.4 Å². The molecule has 0 aromatic carbocycles. The molecule has 0 aliphatic heterocycles. The minimum atomic E-state index is -4.25. The molecule has 0 spiro atoms. The summed E-state index contributed by atoms with van der Waals surface area (Å²) in [6.45, 7) is 2.29. The zero-order chi connectivity index (χ0) is 13.0. The molecule has 0 atom stereocenters. The zero-order valence-corrected chi connectivity index (χ0v) is 11.6. The first-order valence-corrected chi connectivity index (χ1v) is 7.94. The Bertz CT molecular complexity index is 235. The second-order valence-corrected chi connectivity index (χ2v) is 5.35. The van der Waals surface area contributed by atoms with Crippen LogP contribution in [0.5, 0.6) is 0 Å². The number of phosphoric acid groups is 1. The van der Waals surface area contributed by atoms with Crippen molar-refractivity contribution in [3.8, 4) is 0 Å². The fraction of sp³-hybridized carbons (Fsp3) is 0.833. The van der Waals surface area contributed by atoms with E-state index in [1.807, 2.05) is 0 Å². The van der Waals surface area contributed by atoms with Crippen LogP contribution in [0.25, 0.3) is 0 Å². The Morgan fingerprint density at radius 1 is 1.00 bits per heavy atom. The highest BCUT2D eigenvalue weighted by molar-refractivity contribution is 7.46. The molecular weight excluding hydrogens is 239 g/mol. The van der Waals surface area contributed by atoms with Crippen LogP contribution >= 0.6 is 7.82 Å². The largest absolute Gasteiger partial charge is 0.469 e. The van der Waals surface area contributed by atoms with Crippen molar-refractivity contribution in [1.82, 2.24) is 0 Å². The first kappa shape index (κ1) is 16.9. The van der Waals surface area contributed by atoms with Gasteiger partial charge < -0.3 is 9.79 Å². The summed E-state index contributed by atoms with van der Waals surface area (Å²) in [4.78, 5) is 16.9. The summed E-state index contributed by atoms with van der Waals surface area (Å²) < 4.78 is 14.7. The van der Waals surface area contributed by atoms with Crippen LogP contribution in [0, 0.1) is 0 Å². The van der Waals surface area contributed by atoms with E-state index in [0.717, 1.165) is 32.1 Å². The number of rotatable bonds is 11. The average Bonchev–Trinajstić information content (AvgIpc) is 2.24. The van der Waals surface area contributed by atoms with Gasteiger partial charge in [0.05, 0.1) is 6.61 Å². The molecule has 102 valence electrons. The van der Waals surface area contributed by atoms with Crippen LogP contribution in [0.3, 0.4) is 0 Å². The summed E-state index contributed by atoms with van der Waals surface area (Å²) in [6, 6.07) is 0. The van der Waals surface area contributed by atoms with E-state index in [9.17, 15) is 4.57 Å². The summed E-state index contributed by atoms with van der Waals surface area (Å²) in [7, 11) is -4.25.